The van der Waals surface area contributed by atoms with E-state index in [-0.39, 0.29) is 17.6 Å². The van der Waals surface area contributed by atoms with Crippen LogP contribution in [0.4, 0.5) is 5.82 Å². The Morgan fingerprint density at radius 3 is 2.85 bits per heavy atom. The fourth-order valence-electron chi connectivity index (χ4n) is 3.02. The highest BCUT2D eigenvalue weighted by molar-refractivity contribution is 5.98. The lowest BCUT2D eigenvalue weighted by Crippen LogP contribution is -2.41. The molecule has 1 aliphatic rings. The average molecular weight is 368 g/mol. The third kappa shape index (κ3) is 4.59. The Balaban J connectivity index is 1.72. The fraction of sp³-hybridized carbons (Fsp3) is 0.368. The van der Waals surface area contributed by atoms with E-state index < -0.39 is 0 Å². The van der Waals surface area contributed by atoms with Gasteiger partial charge in [0.25, 0.3) is 5.91 Å². The molecule has 0 atom stereocenters. The highest BCUT2D eigenvalue weighted by Gasteiger charge is 2.24. The van der Waals surface area contributed by atoms with Crippen LogP contribution in [0.1, 0.15) is 27.3 Å². The van der Waals surface area contributed by atoms with E-state index in [1.54, 1.807) is 17.2 Å². The summed E-state index contributed by atoms with van der Waals surface area (Å²) in [4.78, 5) is 37.1. The minimum absolute atomic E-state index is 0.0589. The average Bonchev–Trinajstić information content (AvgIpc) is 2.65. The van der Waals surface area contributed by atoms with Gasteiger partial charge >= 0.3 is 0 Å². The van der Waals surface area contributed by atoms with Gasteiger partial charge in [0, 0.05) is 31.4 Å². The second kappa shape index (κ2) is 8.13. The Labute approximate surface area is 158 Å². The number of hydrogen-bond donors (Lipinski definition) is 2. The molecule has 2 amide bonds. The third-order valence-electron chi connectivity index (χ3n) is 4.41. The molecular weight excluding hydrogens is 344 g/mol. The molecule has 3 N–H and O–H groups in total. The van der Waals surface area contributed by atoms with E-state index in [4.69, 9.17) is 5.73 Å². The maximum atomic E-state index is 12.5. The number of rotatable bonds is 5. The van der Waals surface area contributed by atoms with Gasteiger partial charge in [-0.1, -0.05) is 6.07 Å². The lowest BCUT2D eigenvalue weighted by molar-refractivity contribution is -0.132. The summed E-state index contributed by atoms with van der Waals surface area (Å²) < 4.78 is 0. The molecule has 0 radical (unpaired) electrons. The minimum Gasteiger partial charge on any atom is -0.383 e. The molecule has 2 aromatic rings. The monoisotopic (exact) mass is 368 g/mol. The summed E-state index contributed by atoms with van der Waals surface area (Å²) in [5.41, 5.74) is 8.80. The molecule has 0 bridgehead atoms. The molecule has 8 heteroatoms. The second-order valence-corrected chi connectivity index (χ2v) is 6.83. The maximum Gasteiger partial charge on any atom is 0.255 e. The normalized spacial score (nSPS) is 13.4. The van der Waals surface area contributed by atoms with Crippen molar-refractivity contribution in [2.45, 2.75) is 19.5 Å². The number of pyridine rings is 2. The number of fused-ring (bicyclic) bond motifs is 1. The van der Waals surface area contributed by atoms with Gasteiger partial charge in [-0.05, 0) is 37.9 Å². The van der Waals surface area contributed by atoms with E-state index >= 15 is 0 Å². The van der Waals surface area contributed by atoms with Crippen LogP contribution in [0, 0.1) is 0 Å². The first-order valence-electron chi connectivity index (χ1n) is 8.83. The van der Waals surface area contributed by atoms with Crippen LogP contribution >= 0.6 is 0 Å². The van der Waals surface area contributed by atoms with Crippen LogP contribution in [0.3, 0.4) is 0 Å². The molecule has 2 aromatic heterocycles. The number of aromatic nitrogens is 2. The summed E-state index contributed by atoms with van der Waals surface area (Å²) in [6.45, 7) is 1.71. The third-order valence-corrected chi connectivity index (χ3v) is 4.41. The highest BCUT2D eigenvalue weighted by atomic mass is 16.2. The number of amides is 2. The summed E-state index contributed by atoms with van der Waals surface area (Å²) in [6, 6.07) is 7.27. The topological polar surface area (TPSA) is 104 Å². The molecule has 1 aliphatic heterocycles. The summed E-state index contributed by atoms with van der Waals surface area (Å²) in [7, 11) is 3.73. The van der Waals surface area contributed by atoms with Crippen LogP contribution in [0.25, 0.3) is 0 Å². The largest absolute Gasteiger partial charge is 0.383 e. The van der Waals surface area contributed by atoms with Gasteiger partial charge in [0.05, 0.1) is 24.3 Å². The maximum absolute atomic E-state index is 12.5. The van der Waals surface area contributed by atoms with Crippen LogP contribution < -0.4 is 11.1 Å². The van der Waals surface area contributed by atoms with Gasteiger partial charge in [0.2, 0.25) is 5.91 Å². The molecule has 0 aliphatic carbocycles. The summed E-state index contributed by atoms with van der Waals surface area (Å²) in [6.07, 6.45) is 2.31. The lowest BCUT2D eigenvalue weighted by atomic mass is 10.0. The van der Waals surface area contributed by atoms with Crippen LogP contribution in [0.5, 0.6) is 0 Å². The minimum atomic E-state index is -0.301. The van der Waals surface area contributed by atoms with Crippen molar-refractivity contribution in [3.8, 4) is 0 Å². The molecule has 0 saturated carbocycles. The number of nitrogens with two attached hydrogens (primary N) is 1. The molecule has 27 heavy (non-hydrogen) atoms. The molecule has 142 valence electrons. The van der Waals surface area contributed by atoms with Crippen molar-refractivity contribution in [1.29, 1.82) is 0 Å². The first kappa shape index (κ1) is 18.8. The van der Waals surface area contributed by atoms with Gasteiger partial charge < -0.3 is 20.9 Å². The smallest absolute Gasteiger partial charge is 0.255 e. The molecule has 0 aromatic carbocycles. The van der Waals surface area contributed by atoms with E-state index in [0.717, 1.165) is 17.0 Å². The fourth-order valence-corrected chi connectivity index (χ4v) is 3.02. The van der Waals surface area contributed by atoms with Gasteiger partial charge in [0.1, 0.15) is 5.82 Å². The number of carbonyl (C=O) groups excluding carboxylic acids is 2. The molecule has 3 heterocycles. The predicted molar refractivity (Wildman–Crippen MR) is 102 cm³/mol. The Morgan fingerprint density at radius 2 is 2.15 bits per heavy atom. The number of nitrogen functional groups attached to an aromatic ring is 1. The van der Waals surface area contributed by atoms with Gasteiger partial charge in [-0.15, -0.1) is 0 Å². The van der Waals surface area contributed by atoms with Crippen LogP contribution in [0.15, 0.2) is 30.5 Å². The molecule has 3 rings (SSSR count). The zero-order chi connectivity index (χ0) is 19.4. The molecule has 0 saturated heterocycles. The van der Waals surface area contributed by atoms with Gasteiger partial charge in [0.15, 0.2) is 0 Å². The van der Waals surface area contributed by atoms with E-state index in [9.17, 15) is 9.59 Å². The lowest BCUT2D eigenvalue weighted by Gasteiger charge is -2.29. The molecule has 8 nitrogen and oxygen atoms in total. The van der Waals surface area contributed by atoms with E-state index in [1.165, 1.54) is 0 Å². The number of hydrogen-bond acceptors (Lipinski definition) is 6. The summed E-state index contributed by atoms with van der Waals surface area (Å²) in [5.74, 6) is -0.0332. The first-order valence-corrected chi connectivity index (χ1v) is 8.83. The molecule has 0 unspecified atom stereocenters. The zero-order valence-corrected chi connectivity index (χ0v) is 15.6. The highest BCUT2D eigenvalue weighted by Crippen LogP contribution is 2.22. The number of carbonyl (C=O) groups is 2. The Kier molecular flexibility index (Phi) is 5.66. The first-order chi connectivity index (χ1) is 12.9. The SMILES string of the molecule is CN(C)CC(=O)N1CCc2nc(N)c(C(=O)NCc3ccccn3)cc2C1. The van der Waals surface area contributed by atoms with Crippen LogP contribution in [0.2, 0.25) is 0 Å². The molecule has 0 fully saturated rings. The summed E-state index contributed by atoms with van der Waals surface area (Å²) in [5, 5.41) is 2.81. The van der Waals surface area contributed by atoms with Gasteiger partial charge in [-0.2, -0.15) is 0 Å². The Morgan fingerprint density at radius 1 is 1.33 bits per heavy atom. The number of likely N-dealkylation sites (N-methyl/N-ethyl adjacent to an activating group) is 1. The predicted octanol–water partition coefficient (Wildman–Crippen LogP) is 0.435. The number of nitrogens with zero attached hydrogens (tertiary/aromatic N) is 4. The van der Waals surface area contributed by atoms with Crippen molar-refractivity contribution >= 4 is 17.6 Å². The summed E-state index contributed by atoms with van der Waals surface area (Å²) >= 11 is 0. The van der Waals surface area contributed by atoms with Gasteiger partial charge in [-0.3, -0.25) is 14.6 Å². The van der Waals surface area contributed by atoms with Crippen molar-refractivity contribution < 1.29 is 9.59 Å². The number of nitrogens with one attached hydrogen (secondary N) is 1. The van der Waals surface area contributed by atoms with Crippen molar-refractivity contribution in [3.05, 3.63) is 53.0 Å². The van der Waals surface area contributed by atoms with Crippen LogP contribution in [-0.2, 0) is 24.3 Å². The quantitative estimate of drug-likeness (QED) is 0.793. The zero-order valence-electron chi connectivity index (χ0n) is 15.6. The second-order valence-electron chi connectivity index (χ2n) is 6.83. The molecule has 0 spiro atoms. The van der Waals surface area contributed by atoms with Crippen molar-refractivity contribution in [2.75, 3.05) is 32.9 Å². The van der Waals surface area contributed by atoms with E-state index in [2.05, 4.69) is 15.3 Å². The van der Waals surface area contributed by atoms with Crippen molar-refractivity contribution in [3.63, 3.8) is 0 Å². The van der Waals surface area contributed by atoms with Crippen molar-refractivity contribution in [2.24, 2.45) is 0 Å². The Hall–Kier alpha value is -3.00. The van der Waals surface area contributed by atoms with Gasteiger partial charge in [-0.25, -0.2) is 4.98 Å². The standard InChI is InChI=1S/C19H24N6O2/c1-24(2)12-17(26)25-8-6-16-13(11-25)9-15(18(20)23-16)19(27)22-10-14-5-3-4-7-21-14/h3-5,7,9H,6,8,10-12H2,1-2H3,(H2,20,23)(H,22,27). The molecular formula is C19H24N6O2. The Bertz CT molecular complexity index is 838. The van der Waals surface area contributed by atoms with E-state index in [1.807, 2.05) is 37.2 Å². The number of anilines is 1. The van der Waals surface area contributed by atoms with Crippen molar-refractivity contribution in [1.82, 2.24) is 25.1 Å². The van der Waals surface area contributed by atoms with Crippen LogP contribution in [-0.4, -0.2) is 58.8 Å². The van der Waals surface area contributed by atoms with E-state index in [0.29, 0.717) is 38.2 Å².